The molecule has 72 valence electrons. The SMILES string of the molecule is NS(=O)(=O)c1ccccc1C(Br)Br. The summed E-state index contributed by atoms with van der Waals surface area (Å²) < 4.78 is 22.0. The van der Waals surface area contributed by atoms with E-state index in [1.807, 2.05) is 0 Å². The molecule has 0 unspecified atom stereocenters. The van der Waals surface area contributed by atoms with E-state index in [1.165, 1.54) is 6.07 Å². The molecule has 2 N–H and O–H groups in total. The summed E-state index contributed by atoms with van der Waals surface area (Å²) in [6.45, 7) is 0. The Morgan fingerprint density at radius 2 is 1.77 bits per heavy atom. The number of hydrogen-bond acceptors (Lipinski definition) is 2. The second-order valence-corrected chi connectivity index (χ2v) is 6.97. The van der Waals surface area contributed by atoms with Crippen molar-refractivity contribution >= 4 is 41.9 Å². The Balaban J connectivity index is 3.37. The molecule has 1 aromatic carbocycles. The minimum absolute atomic E-state index is 0.133. The van der Waals surface area contributed by atoms with Crippen LogP contribution in [0.25, 0.3) is 0 Å². The maximum atomic E-state index is 11.1. The molecule has 0 radical (unpaired) electrons. The lowest BCUT2D eigenvalue weighted by Crippen LogP contribution is -2.14. The maximum absolute atomic E-state index is 11.1. The molecule has 13 heavy (non-hydrogen) atoms. The number of benzene rings is 1. The Hall–Kier alpha value is 0.0900. The molecule has 0 amide bonds. The van der Waals surface area contributed by atoms with Crippen molar-refractivity contribution in [2.45, 2.75) is 8.63 Å². The molecule has 0 saturated carbocycles. The third kappa shape index (κ3) is 2.77. The summed E-state index contributed by atoms with van der Waals surface area (Å²) >= 11 is 6.44. The number of hydrogen-bond donors (Lipinski definition) is 1. The van der Waals surface area contributed by atoms with E-state index in [9.17, 15) is 8.42 Å². The Bertz CT molecular complexity index is 403. The summed E-state index contributed by atoms with van der Waals surface area (Å²) in [6, 6.07) is 6.54. The summed E-state index contributed by atoms with van der Waals surface area (Å²) in [6.07, 6.45) is 0. The Morgan fingerprint density at radius 3 is 2.15 bits per heavy atom. The first kappa shape index (κ1) is 11.2. The summed E-state index contributed by atoms with van der Waals surface area (Å²) in [4.78, 5) is 0.133. The van der Waals surface area contributed by atoms with Crippen molar-refractivity contribution in [3.63, 3.8) is 0 Å². The fourth-order valence-corrected chi connectivity index (χ4v) is 2.80. The van der Waals surface area contributed by atoms with E-state index in [0.29, 0.717) is 5.56 Å². The summed E-state index contributed by atoms with van der Waals surface area (Å²) in [7, 11) is -3.64. The Morgan fingerprint density at radius 1 is 1.23 bits per heavy atom. The Kier molecular flexibility index (Phi) is 3.50. The Labute approximate surface area is 93.6 Å². The van der Waals surface area contributed by atoms with Crippen LogP contribution < -0.4 is 5.14 Å². The van der Waals surface area contributed by atoms with Crippen LogP contribution in [0.5, 0.6) is 0 Å². The van der Waals surface area contributed by atoms with Gasteiger partial charge in [0, 0.05) is 0 Å². The van der Waals surface area contributed by atoms with Crippen LogP contribution in [0.3, 0.4) is 0 Å². The third-order valence-corrected chi connectivity index (χ3v) is 3.43. The van der Waals surface area contributed by atoms with Crippen LogP contribution in [-0.2, 0) is 10.0 Å². The molecule has 0 heterocycles. The molecule has 6 heteroatoms. The van der Waals surface area contributed by atoms with Gasteiger partial charge in [-0.15, -0.1) is 0 Å². The van der Waals surface area contributed by atoms with Gasteiger partial charge in [-0.1, -0.05) is 50.1 Å². The normalized spacial score (nSPS) is 12.0. The van der Waals surface area contributed by atoms with Crippen LogP contribution in [0.4, 0.5) is 0 Å². The van der Waals surface area contributed by atoms with Crippen molar-refractivity contribution in [3.05, 3.63) is 29.8 Å². The fraction of sp³-hybridized carbons (Fsp3) is 0.143. The average molecular weight is 329 g/mol. The predicted molar refractivity (Wildman–Crippen MR) is 58.4 cm³/mol. The highest BCUT2D eigenvalue weighted by Gasteiger charge is 2.16. The van der Waals surface area contributed by atoms with Crippen molar-refractivity contribution in [1.29, 1.82) is 0 Å². The van der Waals surface area contributed by atoms with E-state index < -0.39 is 10.0 Å². The second kappa shape index (κ2) is 4.08. The van der Waals surface area contributed by atoms with E-state index in [4.69, 9.17) is 5.14 Å². The highest BCUT2D eigenvalue weighted by Crippen LogP contribution is 2.32. The van der Waals surface area contributed by atoms with E-state index in [0.717, 1.165) is 0 Å². The quantitative estimate of drug-likeness (QED) is 0.845. The summed E-state index contributed by atoms with van der Waals surface area (Å²) in [5.41, 5.74) is 0.602. The van der Waals surface area contributed by atoms with Crippen LogP contribution in [0.2, 0.25) is 0 Å². The molecule has 1 rings (SSSR count). The number of alkyl halides is 2. The van der Waals surface area contributed by atoms with Crippen LogP contribution in [0, 0.1) is 0 Å². The number of sulfonamides is 1. The highest BCUT2D eigenvalue weighted by atomic mass is 79.9. The molecule has 3 nitrogen and oxygen atoms in total. The molecule has 0 aromatic heterocycles. The number of halogens is 2. The molecule has 0 fully saturated rings. The average Bonchev–Trinajstić information content (AvgIpc) is 2.03. The highest BCUT2D eigenvalue weighted by molar-refractivity contribution is 9.24. The molecule has 0 saturated heterocycles. The van der Waals surface area contributed by atoms with Gasteiger partial charge in [-0.05, 0) is 11.6 Å². The molecule has 0 aliphatic rings. The van der Waals surface area contributed by atoms with Gasteiger partial charge in [0.15, 0.2) is 0 Å². The lowest BCUT2D eigenvalue weighted by Gasteiger charge is -2.07. The van der Waals surface area contributed by atoms with Crippen molar-refractivity contribution < 1.29 is 8.42 Å². The lowest BCUT2D eigenvalue weighted by molar-refractivity contribution is 0.597. The summed E-state index contributed by atoms with van der Waals surface area (Å²) in [5.74, 6) is 0. The van der Waals surface area contributed by atoms with Crippen LogP contribution >= 0.6 is 31.9 Å². The van der Waals surface area contributed by atoms with Gasteiger partial charge in [0.2, 0.25) is 10.0 Å². The largest absolute Gasteiger partial charge is 0.238 e. The minimum atomic E-state index is -3.64. The van der Waals surface area contributed by atoms with Gasteiger partial charge in [0.05, 0.1) is 8.63 Å². The lowest BCUT2D eigenvalue weighted by atomic mass is 10.2. The zero-order chi connectivity index (χ0) is 10.1. The van der Waals surface area contributed by atoms with E-state index in [-0.39, 0.29) is 8.63 Å². The minimum Gasteiger partial charge on any atom is -0.225 e. The molecule has 0 bridgehead atoms. The number of primary sulfonamides is 1. The van der Waals surface area contributed by atoms with Crippen LogP contribution in [-0.4, -0.2) is 8.42 Å². The zero-order valence-electron chi connectivity index (χ0n) is 6.44. The van der Waals surface area contributed by atoms with Gasteiger partial charge in [0.25, 0.3) is 0 Å². The molecule has 0 aliphatic heterocycles. The van der Waals surface area contributed by atoms with Crippen LogP contribution in [0.15, 0.2) is 29.2 Å². The molecule has 1 aromatic rings. The van der Waals surface area contributed by atoms with Crippen LogP contribution in [0.1, 0.15) is 9.30 Å². The zero-order valence-corrected chi connectivity index (χ0v) is 10.4. The van der Waals surface area contributed by atoms with Gasteiger partial charge in [0.1, 0.15) is 0 Å². The monoisotopic (exact) mass is 327 g/mol. The van der Waals surface area contributed by atoms with E-state index >= 15 is 0 Å². The van der Waals surface area contributed by atoms with E-state index in [2.05, 4.69) is 31.9 Å². The van der Waals surface area contributed by atoms with Crippen molar-refractivity contribution in [2.24, 2.45) is 5.14 Å². The third-order valence-electron chi connectivity index (χ3n) is 1.46. The maximum Gasteiger partial charge on any atom is 0.238 e. The van der Waals surface area contributed by atoms with E-state index in [1.54, 1.807) is 18.2 Å². The fourth-order valence-electron chi connectivity index (χ4n) is 0.920. The molecule has 0 atom stereocenters. The number of rotatable bonds is 2. The van der Waals surface area contributed by atoms with Gasteiger partial charge in [-0.2, -0.15) is 0 Å². The molecular formula is C7H7Br2NO2S. The van der Waals surface area contributed by atoms with Gasteiger partial charge in [-0.25, -0.2) is 13.6 Å². The van der Waals surface area contributed by atoms with Crippen molar-refractivity contribution in [2.75, 3.05) is 0 Å². The second-order valence-electron chi connectivity index (χ2n) is 2.38. The van der Waals surface area contributed by atoms with Crippen molar-refractivity contribution in [1.82, 2.24) is 0 Å². The van der Waals surface area contributed by atoms with Gasteiger partial charge >= 0.3 is 0 Å². The number of nitrogens with two attached hydrogens (primary N) is 1. The van der Waals surface area contributed by atoms with Gasteiger partial charge in [-0.3, -0.25) is 0 Å². The first-order valence-corrected chi connectivity index (χ1v) is 6.70. The molecular weight excluding hydrogens is 322 g/mol. The standard InChI is InChI=1S/C7H7Br2NO2S/c8-7(9)5-3-1-2-4-6(5)13(10,11)12/h1-4,7H,(H2,10,11,12). The smallest absolute Gasteiger partial charge is 0.225 e. The summed E-state index contributed by atoms with van der Waals surface area (Å²) in [5, 5.41) is 5.03. The first-order chi connectivity index (χ1) is 5.93. The molecule has 0 spiro atoms. The van der Waals surface area contributed by atoms with Crippen molar-refractivity contribution in [3.8, 4) is 0 Å². The van der Waals surface area contributed by atoms with Gasteiger partial charge < -0.3 is 0 Å². The first-order valence-electron chi connectivity index (χ1n) is 3.33. The topological polar surface area (TPSA) is 60.2 Å². The molecule has 0 aliphatic carbocycles. The predicted octanol–water partition coefficient (Wildman–Crippen LogP) is 2.12.